The van der Waals surface area contributed by atoms with Crippen LogP contribution >= 0.6 is 0 Å². The number of aryl methyl sites for hydroxylation is 1. The summed E-state index contributed by atoms with van der Waals surface area (Å²) in [5.74, 6) is 0. The van der Waals surface area contributed by atoms with Crippen molar-refractivity contribution >= 4 is 5.69 Å². The largest absolute Gasteiger partial charge is 0.384 e. The molecule has 1 N–H and O–H groups in total. The standard InChI is InChI=1S/C15H24N2O/c1-12-4-6-14(7-5-12)16-9-10-17(3)15-8-11-18-13(15)2/h4-7,13,15-16H,8-11H2,1-3H3. The van der Waals surface area contributed by atoms with Gasteiger partial charge in [0.2, 0.25) is 0 Å². The Bertz CT molecular complexity index is 363. The first-order chi connectivity index (χ1) is 8.66. The molecule has 3 heteroatoms. The maximum Gasteiger partial charge on any atom is 0.0702 e. The van der Waals surface area contributed by atoms with Gasteiger partial charge in [0.25, 0.3) is 0 Å². The average molecular weight is 248 g/mol. The molecule has 0 spiro atoms. The van der Waals surface area contributed by atoms with Crippen LogP contribution in [0.1, 0.15) is 18.9 Å². The average Bonchev–Trinajstić information content (AvgIpc) is 2.78. The van der Waals surface area contributed by atoms with Crippen molar-refractivity contribution in [2.24, 2.45) is 0 Å². The molecule has 1 aliphatic heterocycles. The molecule has 1 aromatic carbocycles. The van der Waals surface area contributed by atoms with Crippen molar-refractivity contribution in [3.63, 3.8) is 0 Å². The molecular formula is C15H24N2O. The van der Waals surface area contributed by atoms with Crippen molar-refractivity contribution in [3.8, 4) is 0 Å². The van der Waals surface area contributed by atoms with E-state index in [1.807, 2.05) is 0 Å². The summed E-state index contributed by atoms with van der Waals surface area (Å²) in [6.07, 6.45) is 1.52. The van der Waals surface area contributed by atoms with Gasteiger partial charge in [-0.3, -0.25) is 4.90 Å². The minimum Gasteiger partial charge on any atom is -0.384 e. The van der Waals surface area contributed by atoms with Crippen molar-refractivity contribution in [2.45, 2.75) is 32.4 Å². The fraction of sp³-hybridized carbons (Fsp3) is 0.600. The molecule has 1 aromatic rings. The minimum atomic E-state index is 0.370. The van der Waals surface area contributed by atoms with E-state index in [2.05, 4.69) is 55.4 Å². The van der Waals surface area contributed by atoms with Crippen LogP contribution in [-0.2, 0) is 4.74 Å². The molecular weight excluding hydrogens is 224 g/mol. The van der Waals surface area contributed by atoms with Crippen molar-refractivity contribution < 1.29 is 4.74 Å². The highest BCUT2D eigenvalue weighted by Gasteiger charge is 2.27. The Balaban J connectivity index is 1.73. The number of nitrogens with zero attached hydrogens (tertiary/aromatic N) is 1. The highest BCUT2D eigenvalue weighted by atomic mass is 16.5. The van der Waals surface area contributed by atoms with E-state index in [-0.39, 0.29) is 0 Å². The third-order valence-corrected chi connectivity index (χ3v) is 3.75. The van der Waals surface area contributed by atoms with Gasteiger partial charge in [-0.1, -0.05) is 17.7 Å². The quantitative estimate of drug-likeness (QED) is 0.866. The molecule has 18 heavy (non-hydrogen) atoms. The molecule has 0 aromatic heterocycles. The third-order valence-electron chi connectivity index (χ3n) is 3.75. The van der Waals surface area contributed by atoms with Crippen LogP contribution in [0.15, 0.2) is 24.3 Å². The Morgan fingerprint density at radius 1 is 1.33 bits per heavy atom. The van der Waals surface area contributed by atoms with E-state index in [0.717, 1.165) is 26.1 Å². The lowest BCUT2D eigenvalue weighted by molar-refractivity contribution is 0.0850. The molecule has 2 atom stereocenters. The summed E-state index contributed by atoms with van der Waals surface area (Å²) in [5, 5.41) is 3.46. The minimum absolute atomic E-state index is 0.370. The van der Waals surface area contributed by atoms with Crippen LogP contribution in [0.25, 0.3) is 0 Å². The van der Waals surface area contributed by atoms with E-state index in [0.29, 0.717) is 12.1 Å². The van der Waals surface area contributed by atoms with Gasteiger partial charge in [-0.05, 0) is 39.4 Å². The Labute approximate surface area is 110 Å². The van der Waals surface area contributed by atoms with E-state index in [9.17, 15) is 0 Å². The monoisotopic (exact) mass is 248 g/mol. The van der Waals surface area contributed by atoms with Crippen LogP contribution in [0.4, 0.5) is 5.69 Å². The summed E-state index contributed by atoms with van der Waals surface area (Å²) < 4.78 is 5.60. The van der Waals surface area contributed by atoms with Gasteiger partial charge in [-0.15, -0.1) is 0 Å². The van der Waals surface area contributed by atoms with Gasteiger partial charge in [0, 0.05) is 31.4 Å². The smallest absolute Gasteiger partial charge is 0.0702 e. The van der Waals surface area contributed by atoms with Gasteiger partial charge >= 0.3 is 0 Å². The Morgan fingerprint density at radius 2 is 2.06 bits per heavy atom. The number of likely N-dealkylation sites (N-methyl/N-ethyl adjacent to an activating group) is 1. The number of nitrogens with one attached hydrogen (secondary N) is 1. The second-order valence-corrected chi connectivity index (χ2v) is 5.21. The number of rotatable bonds is 5. The molecule has 100 valence electrons. The fourth-order valence-electron chi connectivity index (χ4n) is 2.51. The van der Waals surface area contributed by atoms with Crippen molar-refractivity contribution in [1.82, 2.24) is 4.90 Å². The maximum absolute atomic E-state index is 5.60. The van der Waals surface area contributed by atoms with Crippen LogP contribution in [0.2, 0.25) is 0 Å². The fourth-order valence-corrected chi connectivity index (χ4v) is 2.51. The van der Waals surface area contributed by atoms with Crippen LogP contribution < -0.4 is 5.32 Å². The summed E-state index contributed by atoms with van der Waals surface area (Å²) in [6.45, 7) is 7.21. The molecule has 1 aliphatic rings. The van der Waals surface area contributed by atoms with Crippen LogP contribution in [-0.4, -0.2) is 43.8 Å². The highest BCUT2D eigenvalue weighted by Crippen LogP contribution is 2.17. The number of hydrogen-bond acceptors (Lipinski definition) is 3. The SMILES string of the molecule is Cc1ccc(NCCN(C)C2CCOC2C)cc1. The lowest BCUT2D eigenvalue weighted by Gasteiger charge is -2.26. The zero-order chi connectivity index (χ0) is 13.0. The predicted molar refractivity (Wildman–Crippen MR) is 76.1 cm³/mol. The summed E-state index contributed by atoms with van der Waals surface area (Å²) in [4.78, 5) is 2.40. The first-order valence-corrected chi connectivity index (χ1v) is 6.79. The van der Waals surface area contributed by atoms with Crippen LogP contribution in [0.3, 0.4) is 0 Å². The lowest BCUT2D eigenvalue weighted by atomic mass is 10.1. The van der Waals surface area contributed by atoms with E-state index in [1.165, 1.54) is 11.3 Å². The van der Waals surface area contributed by atoms with Gasteiger partial charge < -0.3 is 10.1 Å². The van der Waals surface area contributed by atoms with Crippen molar-refractivity contribution in [3.05, 3.63) is 29.8 Å². The number of benzene rings is 1. The first-order valence-electron chi connectivity index (χ1n) is 6.79. The molecule has 0 saturated carbocycles. The van der Waals surface area contributed by atoms with Crippen LogP contribution in [0, 0.1) is 6.92 Å². The molecule has 0 amide bonds. The Morgan fingerprint density at radius 3 is 2.67 bits per heavy atom. The number of anilines is 1. The van der Waals surface area contributed by atoms with Gasteiger partial charge in [0.1, 0.15) is 0 Å². The number of ether oxygens (including phenoxy) is 1. The Kier molecular flexibility index (Phi) is 4.61. The zero-order valence-electron chi connectivity index (χ0n) is 11.6. The second kappa shape index (κ2) is 6.21. The van der Waals surface area contributed by atoms with Gasteiger partial charge in [-0.2, -0.15) is 0 Å². The highest BCUT2D eigenvalue weighted by molar-refractivity contribution is 5.44. The summed E-state index contributed by atoms with van der Waals surface area (Å²) in [6, 6.07) is 9.12. The molecule has 1 heterocycles. The molecule has 3 nitrogen and oxygen atoms in total. The second-order valence-electron chi connectivity index (χ2n) is 5.21. The summed E-state index contributed by atoms with van der Waals surface area (Å²) >= 11 is 0. The summed E-state index contributed by atoms with van der Waals surface area (Å²) in [5.41, 5.74) is 2.50. The molecule has 0 aliphatic carbocycles. The van der Waals surface area contributed by atoms with Gasteiger partial charge in [-0.25, -0.2) is 0 Å². The van der Waals surface area contributed by atoms with E-state index >= 15 is 0 Å². The molecule has 2 rings (SSSR count). The zero-order valence-corrected chi connectivity index (χ0v) is 11.6. The van der Waals surface area contributed by atoms with E-state index in [4.69, 9.17) is 4.74 Å². The lowest BCUT2D eigenvalue weighted by Crippen LogP contribution is -2.39. The number of hydrogen-bond donors (Lipinski definition) is 1. The van der Waals surface area contributed by atoms with Crippen molar-refractivity contribution in [1.29, 1.82) is 0 Å². The van der Waals surface area contributed by atoms with Crippen molar-refractivity contribution in [2.75, 3.05) is 32.1 Å². The normalized spacial score (nSPS) is 23.6. The topological polar surface area (TPSA) is 24.5 Å². The van der Waals surface area contributed by atoms with E-state index in [1.54, 1.807) is 0 Å². The molecule has 0 bridgehead atoms. The van der Waals surface area contributed by atoms with E-state index < -0.39 is 0 Å². The Hall–Kier alpha value is -1.06. The third kappa shape index (κ3) is 3.47. The molecule has 1 fully saturated rings. The predicted octanol–water partition coefficient (Wildman–Crippen LogP) is 2.52. The van der Waals surface area contributed by atoms with Gasteiger partial charge in [0.15, 0.2) is 0 Å². The summed E-state index contributed by atoms with van der Waals surface area (Å²) in [7, 11) is 2.19. The molecule has 2 unspecified atom stereocenters. The van der Waals surface area contributed by atoms with Gasteiger partial charge in [0.05, 0.1) is 6.10 Å². The molecule has 0 radical (unpaired) electrons. The first kappa shape index (κ1) is 13.4. The van der Waals surface area contributed by atoms with Crippen LogP contribution in [0.5, 0.6) is 0 Å². The maximum atomic E-state index is 5.60. The molecule has 1 saturated heterocycles.